The average Bonchev–Trinajstić information content (AvgIpc) is 2.62. The number of carbonyl (C=O) groups excluding carboxylic acids is 1. The summed E-state index contributed by atoms with van der Waals surface area (Å²) in [6.45, 7) is 3.30. The van der Waals surface area contributed by atoms with Crippen LogP contribution in [0.5, 0.6) is 0 Å². The zero-order valence-corrected chi connectivity index (χ0v) is 14.1. The Kier molecular flexibility index (Phi) is 6.17. The highest BCUT2D eigenvalue weighted by atomic mass is 35.5. The van der Waals surface area contributed by atoms with Crippen molar-refractivity contribution in [2.24, 2.45) is 5.73 Å². The maximum absolute atomic E-state index is 13.0. The summed E-state index contributed by atoms with van der Waals surface area (Å²) in [7, 11) is 0. The van der Waals surface area contributed by atoms with Crippen molar-refractivity contribution in [1.29, 1.82) is 0 Å². The molecule has 0 aliphatic carbocycles. The Labute approximate surface area is 147 Å². The normalized spacial score (nSPS) is 14.2. The van der Waals surface area contributed by atoms with Crippen LogP contribution >= 0.6 is 12.4 Å². The zero-order valence-electron chi connectivity index (χ0n) is 13.3. The maximum Gasteiger partial charge on any atom is 0.253 e. The van der Waals surface area contributed by atoms with Gasteiger partial charge in [-0.3, -0.25) is 4.79 Å². The molecule has 1 saturated heterocycles. The van der Waals surface area contributed by atoms with Gasteiger partial charge in [-0.05, 0) is 42.0 Å². The van der Waals surface area contributed by atoms with E-state index in [1.54, 1.807) is 12.1 Å². The minimum absolute atomic E-state index is 0. The third-order valence-electron chi connectivity index (χ3n) is 4.20. The monoisotopic (exact) mass is 349 g/mol. The van der Waals surface area contributed by atoms with E-state index in [0.29, 0.717) is 25.2 Å². The summed E-state index contributed by atoms with van der Waals surface area (Å²) in [4.78, 5) is 16.5. The van der Waals surface area contributed by atoms with Crippen molar-refractivity contribution in [3.05, 3.63) is 65.5 Å². The van der Waals surface area contributed by atoms with E-state index in [-0.39, 0.29) is 24.1 Å². The van der Waals surface area contributed by atoms with Crippen LogP contribution in [0.1, 0.15) is 15.9 Å². The Hall–Kier alpha value is -2.11. The fourth-order valence-corrected chi connectivity index (χ4v) is 2.79. The first kappa shape index (κ1) is 18.2. The lowest BCUT2D eigenvalue weighted by Gasteiger charge is -2.36. The van der Waals surface area contributed by atoms with Crippen molar-refractivity contribution in [3.63, 3.8) is 0 Å². The molecule has 2 N–H and O–H groups in total. The van der Waals surface area contributed by atoms with Gasteiger partial charge in [0.05, 0.1) is 0 Å². The summed E-state index contributed by atoms with van der Waals surface area (Å²) in [5.41, 5.74) is 8.27. The second-order valence-corrected chi connectivity index (χ2v) is 5.66. The first-order chi connectivity index (χ1) is 11.2. The van der Waals surface area contributed by atoms with E-state index in [4.69, 9.17) is 5.73 Å². The largest absolute Gasteiger partial charge is 0.368 e. The second kappa shape index (κ2) is 8.13. The second-order valence-electron chi connectivity index (χ2n) is 5.66. The van der Waals surface area contributed by atoms with Crippen molar-refractivity contribution >= 4 is 24.0 Å². The quantitative estimate of drug-likeness (QED) is 0.926. The fourth-order valence-electron chi connectivity index (χ4n) is 2.79. The molecule has 128 valence electrons. The number of hydrogen-bond donors (Lipinski definition) is 1. The summed E-state index contributed by atoms with van der Waals surface area (Å²) in [6.07, 6.45) is 0. The molecular formula is C18H21ClFN3O. The predicted octanol–water partition coefficient (Wildman–Crippen LogP) is 2.67. The van der Waals surface area contributed by atoms with Gasteiger partial charge in [0, 0.05) is 44.0 Å². The van der Waals surface area contributed by atoms with E-state index in [0.717, 1.165) is 24.3 Å². The molecule has 1 fully saturated rings. The van der Waals surface area contributed by atoms with E-state index in [1.807, 2.05) is 29.2 Å². The smallest absolute Gasteiger partial charge is 0.253 e. The molecule has 1 heterocycles. The molecule has 0 atom stereocenters. The first-order valence-electron chi connectivity index (χ1n) is 7.76. The highest BCUT2D eigenvalue weighted by Gasteiger charge is 2.22. The van der Waals surface area contributed by atoms with Gasteiger partial charge in [-0.2, -0.15) is 0 Å². The van der Waals surface area contributed by atoms with Crippen LogP contribution < -0.4 is 10.6 Å². The summed E-state index contributed by atoms with van der Waals surface area (Å²) < 4.78 is 13.0. The van der Waals surface area contributed by atoms with Crippen LogP contribution in [0.15, 0.2) is 48.5 Å². The number of anilines is 1. The Morgan fingerprint density at radius 1 is 0.958 bits per heavy atom. The van der Waals surface area contributed by atoms with Gasteiger partial charge in [0.15, 0.2) is 0 Å². The highest BCUT2D eigenvalue weighted by molar-refractivity contribution is 5.94. The number of halogens is 2. The minimum atomic E-state index is -0.233. The van der Waals surface area contributed by atoms with E-state index in [1.165, 1.54) is 12.1 Å². The van der Waals surface area contributed by atoms with Gasteiger partial charge in [0.1, 0.15) is 5.82 Å². The SMILES string of the molecule is Cl.NCc1ccc(C(=O)N2CCN(c3ccc(F)cc3)CC2)cc1. The molecule has 1 aliphatic rings. The Balaban J connectivity index is 0.00000208. The summed E-state index contributed by atoms with van der Waals surface area (Å²) >= 11 is 0. The van der Waals surface area contributed by atoms with Crippen LogP contribution in [-0.2, 0) is 6.54 Å². The molecular weight excluding hydrogens is 329 g/mol. The van der Waals surface area contributed by atoms with Crippen LogP contribution in [-0.4, -0.2) is 37.0 Å². The van der Waals surface area contributed by atoms with Crippen molar-refractivity contribution in [1.82, 2.24) is 4.90 Å². The molecule has 0 aromatic heterocycles. The van der Waals surface area contributed by atoms with Gasteiger partial charge in [-0.15, -0.1) is 12.4 Å². The van der Waals surface area contributed by atoms with Crippen LogP contribution in [0.2, 0.25) is 0 Å². The van der Waals surface area contributed by atoms with Gasteiger partial charge in [-0.1, -0.05) is 12.1 Å². The molecule has 0 spiro atoms. The van der Waals surface area contributed by atoms with E-state index in [9.17, 15) is 9.18 Å². The molecule has 0 bridgehead atoms. The average molecular weight is 350 g/mol. The number of benzene rings is 2. The van der Waals surface area contributed by atoms with E-state index in [2.05, 4.69) is 4.90 Å². The minimum Gasteiger partial charge on any atom is -0.368 e. The Morgan fingerprint density at radius 3 is 2.08 bits per heavy atom. The number of piperazine rings is 1. The molecule has 0 unspecified atom stereocenters. The molecule has 2 aromatic carbocycles. The van der Waals surface area contributed by atoms with Crippen LogP contribution in [0.25, 0.3) is 0 Å². The van der Waals surface area contributed by atoms with Gasteiger partial charge < -0.3 is 15.5 Å². The van der Waals surface area contributed by atoms with Crippen molar-refractivity contribution in [2.75, 3.05) is 31.1 Å². The van der Waals surface area contributed by atoms with Crippen LogP contribution in [0.4, 0.5) is 10.1 Å². The van der Waals surface area contributed by atoms with Crippen molar-refractivity contribution < 1.29 is 9.18 Å². The molecule has 6 heteroatoms. The van der Waals surface area contributed by atoms with E-state index < -0.39 is 0 Å². The van der Waals surface area contributed by atoms with Crippen LogP contribution in [0, 0.1) is 5.82 Å². The van der Waals surface area contributed by atoms with Gasteiger partial charge in [0.2, 0.25) is 0 Å². The molecule has 1 aliphatic heterocycles. The molecule has 1 amide bonds. The standard InChI is InChI=1S/C18H20FN3O.ClH/c19-16-5-7-17(8-6-16)21-9-11-22(12-10-21)18(23)15-3-1-14(13-20)2-4-15;/h1-8H,9-13,20H2;1H. The topological polar surface area (TPSA) is 49.6 Å². The number of carbonyl (C=O) groups is 1. The first-order valence-corrected chi connectivity index (χ1v) is 7.76. The van der Waals surface area contributed by atoms with Gasteiger partial charge >= 0.3 is 0 Å². The third kappa shape index (κ3) is 4.04. The Bertz CT molecular complexity index is 668. The number of hydrogen-bond acceptors (Lipinski definition) is 3. The molecule has 2 aromatic rings. The molecule has 0 radical (unpaired) electrons. The van der Waals surface area contributed by atoms with E-state index >= 15 is 0 Å². The number of nitrogens with zero attached hydrogens (tertiary/aromatic N) is 2. The number of rotatable bonds is 3. The van der Waals surface area contributed by atoms with Gasteiger partial charge in [0.25, 0.3) is 5.91 Å². The predicted molar refractivity (Wildman–Crippen MR) is 96.1 cm³/mol. The highest BCUT2D eigenvalue weighted by Crippen LogP contribution is 2.18. The van der Waals surface area contributed by atoms with Crippen LogP contribution in [0.3, 0.4) is 0 Å². The lowest BCUT2D eigenvalue weighted by atomic mass is 10.1. The van der Waals surface area contributed by atoms with Crippen molar-refractivity contribution in [3.8, 4) is 0 Å². The Morgan fingerprint density at radius 2 is 1.54 bits per heavy atom. The number of amides is 1. The zero-order chi connectivity index (χ0) is 16.2. The van der Waals surface area contributed by atoms with Crippen molar-refractivity contribution in [2.45, 2.75) is 6.54 Å². The number of nitrogens with two attached hydrogens (primary N) is 1. The fraction of sp³-hybridized carbons (Fsp3) is 0.278. The van der Waals surface area contributed by atoms with Gasteiger partial charge in [-0.25, -0.2) is 4.39 Å². The third-order valence-corrected chi connectivity index (χ3v) is 4.20. The lowest BCUT2D eigenvalue weighted by Crippen LogP contribution is -2.48. The summed E-state index contributed by atoms with van der Waals surface area (Å²) in [5, 5.41) is 0. The molecule has 0 saturated carbocycles. The summed E-state index contributed by atoms with van der Waals surface area (Å²) in [5.74, 6) is -0.184. The maximum atomic E-state index is 13.0. The summed E-state index contributed by atoms with van der Waals surface area (Å²) in [6, 6.07) is 13.9. The molecule has 4 nitrogen and oxygen atoms in total. The molecule has 24 heavy (non-hydrogen) atoms. The lowest BCUT2D eigenvalue weighted by molar-refractivity contribution is 0.0747. The molecule has 3 rings (SSSR count).